The number of hydrogen-bond donors (Lipinski definition) is 1. The van der Waals surface area contributed by atoms with Gasteiger partial charge in [0.15, 0.2) is 11.5 Å². The Labute approximate surface area is 194 Å². The molecule has 32 heavy (non-hydrogen) atoms. The molecule has 0 aliphatic carbocycles. The second-order valence-corrected chi connectivity index (χ2v) is 8.03. The molecule has 0 fully saturated rings. The molecule has 164 valence electrons. The Hall–Kier alpha value is -3.29. The summed E-state index contributed by atoms with van der Waals surface area (Å²) in [5.41, 5.74) is 2.52. The third-order valence-electron chi connectivity index (χ3n) is 4.90. The maximum atomic E-state index is 12.9. The molecule has 2 aromatic carbocycles. The Bertz CT molecular complexity index is 1250. The molecule has 0 saturated carbocycles. The van der Waals surface area contributed by atoms with E-state index in [2.05, 4.69) is 15.6 Å². The first-order valence-electron chi connectivity index (χ1n) is 9.83. The molecule has 0 radical (unpaired) electrons. The van der Waals surface area contributed by atoms with Gasteiger partial charge in [-0.2, -0.15) is 5.10 Å². The van der Waals surface area contributed by atoms with Crippen molar-refractivity contribution in [1.82, 2.24) is 14.9 Å². The molecule has 4 rings (SSSR count). The van der Waals surface area contributed by atoms with Crippen LogP contribution in [0.1, 0.15) is 33.1 Å². The number of nitrogens with zero attached hydrogens (tertiary/aromatic N) is 3. The average Bonchev–Trinajstić information content (AvgIpc) is 3.31. The van der Waals surface area contributed by atoms with Crippen LogP contribution < -0.4 is 10.1 Å². The van der Waals surface area contributed by atoms with Crippen LogP contribution in [0.5, 0.6) is 5.75 Å². The van der Waals surface area contributed by atoms with Crippen molar-refractivity contribution < 1.29 is 14.1 Å². The Morgan fingerprint density at radius 2 is 1.88 bits per heavy atom. The van der Waals surface area contributed by atoms with Crippen molar-refractivity contribution >= 4 is 34.9 Å². The van der Waals surface area contributed by atoms with E-state index in [0.717, 1.165) is 11.3 Å². The molecule has 1 amide bonds. The van der Waals surface area contributed by atoms with E-state index in [4.69, 9.17) is 32.5 Å². The number of aryl methyl sites for hydroxylation is 2. The monoisotopic (exact) mass is 470 g/mol. The van der Waals surface area contributed by atoms with E-state index < -0.39 is 5.91 Å². The van der Waals surface area contributed by atoms with Crippen LogP contribution in [0, 0.1) is 13.8 Å². The fourth-order valence-corrected chi connectivity index (χ4v) is 3.44. The second kappa shape index (κ2) is 9.46. The van der Waals surface area contributed by atoms with E-state index >= 15 is 0 Å². The van der Waals surface area contributed by atoms with Gasteiger partial charge in [0.05, 0.1) is 12.1 Å². The minimum atomic E-state index is -0.432. The molecule has 0 unspecified atom stereocenters. The summed E-state index contributed by atoms with van der Waals surface area (Å²) in [6, 6.07) is 16.3. The Morgan fingerprint density at radius 3 is 2.62 bits per heavy atom. The van der Waals surface area contributed by atoms with Crippen LogP contribution in [-0.2, 0) is 13.2 Å². The minimum absolute atomic E-state index is 0.125. The van der Waals surface area contributed by atoms with Crippen molar-refractivity contribution in [2.75, 3.05) is 5.32 Å². The van der Waals surface area contributed by atoms with Gasteiger partial charge in [0, 0.05) is 21.8 Å². The maximum absolute atomic E-state index is 12.9. The van der Waals surface area contributed by atoms with E-state index in [1.54, 1.807) is 41.9 Å². The highest BCUT2D eigenvalue weighted by molar-refractivity contribution is 6.31. The molecule has 0 atom stereocenters. The molecular formula is C23H20Cl2N4O3. The number of rotatable bonds is 7. The number of carbonyl (C=O) groups is 1. The van der Waals surface area contributed by atoms with Crippen LogP contribution in [-0.4, -0.2) is 20.8 Å². The summed E-state index contributed by atoms with van der Waals surface area (Å²) >= 11 is 12.1. The van der Waals surface area contributed by atoms with Gasteiger partial charge in [0.25, 0.3) is 5.91 Å². The van der Waals surface area contributed by atoms with Gasteiger partial charge in [-0.1, -0.05) is 46.6 Å². The van der Waals surface area contributed by atoms with Crippen LogP contribution in [0.15, 0.2) is 59.1 Å². The van der Waals surface area contributed by atoms with Crippen molar-refractivity contribution in [2.24, 2.45) is 0 Å². The van der Waals surface area contributed by atoms with Gasteiger partial charge in [-0.25, -0.2) is 0 Å². The molecule has 0 spiro atoms. The van der Waals surface area contributed by atoms with Crippen LogP contribution in [0.2, 0.25) is 10.0 Å². The number of carbonyl (C=O) groups excluding carboxylic acids is 1. The van der Waals surface area contributed by atoms with Crippen molar-refractivity contribution in [2.45, 2.75) is 27.0 Å². The number of ether oxygens (including phenoxy) is 1. The Kier molecular flexibility index (Phi) is 6.48. The SMILES string of the molecule is Cc1onc(C(=O)Nc2cc(C)n(Cc3ccccc3Cl)n2)c1COc1ccc(Cl)cc1. The molecule has 0 saturated heterocycles. The van der Waals surface area contributed by atoms with Crippen molar-refractivity contribution in [1.29, 1.82) is 0 Å². The van der Waals surface area contributed by atoms with Gasteiger partial charge in [0.1, 0.15) is 18.1 Å². The topological polar surface area (TPSA) is 82.2 Å². The van der Waals surface area contributed by atoms with Gasteiger partial charge >= 0.3 is 0 Å². The lowest BCUT2D eigenvalue weighted by atomic mass is 10.2. The zero-order chi connectivity index (χ0) is 22.7. The zero-order valence-electron chi connectivity index (χ0n) is 17.4. The summed E-state index contributed by atoms with van der Waals surface area (Å²) in [4.78, 5) is 12.9. The number of amides is 1. The zero-order valence-corrected chi connectivity index (χ0v) is 18.9. The standard InChI is InChI=1S/C23H20Cl2N4O3/c1-14-11-21(27-29(14)12-16-5-3-4-6-20(16)25)26-23(30)22-19(15(2)32-28-22)13-31-18-9-7-17(24)8-10-18/h3-11H,12-13H2,1-2H3,(H,26,27,30). The van der Waals surface area contributed by atoms with Crippen LogP contribution in [0.4, 0.5) is 5.82 Å². The molecule has 0 bridgehead atoms. The highest BCUT2D eigenvalue weighted by Crippen LogP contribution is 2.22. The van der Waals surface area contributed by atoms with E-state index in [1.807, 2.05) is 31.2 Å². The quantitative estimate of drug-likeness (QED) is 0.375. The molecule has 0 aliphatic heterocycles. The average molecular weight is 471 g/mol. The first-order chi connectivity index (χ1) is 15.4. The first kappa shape index (κ1) is 21.9. The number of benzene rings is 2. The molecule has 4 aromatic rings. The maximum Gasteiger partial charge on any atom is 0.279 e. The highest BCUT2D eigenvalue weighted by atomic mass is 35.5. The van der Waals surface area contributed by atoms with E-state index in [0.29, 0.717) is 39.5 Å². The predicted octanol–water partition coefficient (Wildman–Crippen LogP) is 5.67. The van der Waals surface area contributed by atoms with Crippen LogP contribution in [0.3, 0.4) is 0 Å². The largest absolute Gasteiger partial charge is 0.489 e. The van der Waals surface area contributed by atoms with E-state index in [1.165, 1.54) is 0 Å². The number of hydrogen-bond acceptors (Lipinski definition) is 5. The third kappa shape index (κ3) is 4.95. The van der Waals surface area contributed by atoms with E-state index in [-0.39, 0.29) is 12.3 Å². The van der Waals surface area contributed by atoms with Gasteiger partial charge in [0.2, 0.25) is 0 Å². The molecule has 9 heteroatoms. The highest BCUT2D eigenvalue weighted by Gasteiger charge is 2.21. The molecule has 0 aliphatic rings. The molecular weight excluding hydrogens is 451 g/mol. The lowest BCUT2D eigenvalue weighted by molar-refractivity contribution is 0.101. The number of aromatic nitrogens is 3. The fraction of sp³-hybridized carbons (Fsp3) is 0.174. The number of anilines is 1. The lowest BCUT2D eigenvalue weighted by Crippen LogP contribution is -2.16. The smallest absolute Gasteiger partial charge is 0.279 e. The van der Waals surface area contributed by atoms with Gasteiger partial charge < -0.3 is 14.6 Å². The number of nitrogens with one attached hydrogen (secondary N) is 1. The van der Waals surface area contributed by atoms with Gasteiger partial charge in [-0.15, -0.1) is 0 Å². The van der Waals surface area contributed by atoms with Crippen LogP contribution in [0.25, 0.3) is 0 Å². The van der Waals surface area contributed by atoms with E-state index in [9.17, 15) is 4.79 Å². The van der Waals surface area contributed by atoms with Crippen LogP contribution >= 0.6 is 23.2 Å². The Morgan fingerprint density at radius 1 is 1.12 bits per heavy atom. The van der Waals surface area contributed by atoms with Gasteiger partial charge in [-0.05, 0) is 49.7 Å². The van der Waals surface area contributed by atoms with Crippen molar-refractivity contribution in [3.8, 4) is 5.75 Å². The summed E-state index contributed by atoms with van der Waals surface area (Å²) in [6.07, 6.45) is 0. The summed E-state index contributed by atoms with van der Waals surface area (Å²) in [7, 11) is 0. The lowest BCUT2D eigenvalue weighted by Gasteiger charge is -2.07. The van der Waals surface area contributed by atoms with Gasteiger partial charge in [-0.3, -0.25) is 9.48 Å². The molecule has 2 aromatic heterocycles. The summed E-state index contributed by atoms with van der Waals surface area (Å²) in [5.74, 6) is 1.10. The normalized spacial score (nSPS) is 10.9. The number of halogens is 2. The second-order valence-electron chi connectivity index (χ2n) is 7.18. The molecule has 2 heterocycles. The Balaban J connectivity index is 1.46. The first-order valence-corrected chi connectivity index (χ1v) is 10.6. The minimum Gasteiger partial charge on any atom is -0.489 e. The summed E-state index contributed by atoms with van der Waals surface area (Å²) in [6.45, 7) is 4.25. The summed E-state index contributed by atoms with van der Waals surface area (Å²) < 4.78 is 12.8. The van der Waals surface area contributed by atoms with Crippen molar-refractivity contribution in [3.63, 3.8) is 0 Å². The van der Waals surface area contributed by atoms with Crippen molar-refractivity contribution in [3.05, 3.63) is 92.9 Å². The predicted molar refractivity (Wildman–Crippen MR) is 122 cm³/mol. The fourth-order valence-electron chi connectivity index (χ4n) is 3.12. The molecule has 7 nitrogen and oxygen atoms in total. The molecule has 1 N–H and O–H groups in total. The summed E-state index contributed by atoms with van der Waals surface area (Å²) in [5, 5.41) is 12.4. The third-order valence-corrected chi connectivity index (χ3v) is 5.52.